The molecule has 110 valence electrons. The van der Waals surface area contributed by atoms with Crippen molar-refractivity contribution in [3.05, 3.63) is 45.6 Å². The number of benzene rings is 1. The molecule has 2 aromatic rings. The lowest BCUT2D eigenvalue weighted by Crippen LogP contribution is -2.53. The number of aromatic hydroxyl groups is 3. The fraction of sp³-hybridized carbons (Fsp3) is 0.200. The second-order valence-electron chi connectivity index (χ2n) is 4.85. The highest BCUT2D eigenvalue weighted by atomic mass is 16.3. The zero-order valence-electron chi connectivity index (χ0n) is 12.0. The van der Waals surface area contributed by atoms with Crippen molar-refractivity contribution < 1.29 is 19.9 Å². The molecule has 0 atom stereocenters. The first-order valence-corrected chi connectivity index (χ1v) is 6.31. The molecule has 3 N–H and O–H groups in total. The van der Waals surface area contributed by atoms with Gasteiger partial charge in [0.15, 0.2) is 11.5 Å². The Kier molecular flexibility index (Phi) is 3.71. The van der Waals surface area contributed by atoms with Gasteiger partial charge in [0.25, 0.3) is 0 Å². The molecule has 6 heteroatoms. The molecule has 0 saturated carbocycles. The minimum absolute atomic E-state index is 0.158. The summed E-state index contributed by atoms with van der Waals surface area (Å²) in [5.41, 5.74) is 1.52. The van der Waals surface area contributed by atoms with Crippen molar-refractivity contribution in [2.45, 2.75) is 6.92 Å². The molecule has 0 aliphatic heterocycles. The maximum Gasteiger partial charge on any atom is 0.498 e. The maximum absolute atomic E-state index is 12.0. The monoisotopic (exact) mass is 289 g/mol. The molecule has 0 spiro atoms. The van der Waals surface area contributed by atoms with Gasteiger partial charge in [0.05, 0.1) is 14.1 Å². The molecule has 1 heterocycles. The van der Waals surface area contributed by atoms with Crippen LogP contribution in [0.25, 0.3) is 12.2 Å². The smallest absolute Gasteiger partial charge is 0.498 e. The lowest BCUT2D eigenvalue weighted by atomic mass is 10.1. The third-order valence-corrected chi connectivity index (χ3v) is 3.38. The van der Waals surface area contributed by atoms with E-state index in [4.69, 9.17) is 0 Å². The van der Waals surface area contributed by atoms with Crippen LogP contribution in [0.5, 0.6) is 17.2 Å². The van der Waals surface area contributed by atoms with Crippen molar-refractivity contribution in [1.82, 2.24) is 4.57 Å². The van der Waals surface area contributed by atoms with Gasteiger partial charge in [0.1, 0.15) is 17.1 Å². The number of nitrogens with zero attached hydrogens (tertiary/aromatic N) is 2. The molecule has 0 unspecified atom stereocenters. The Balaban J connectivity index is 2.51. The molecule has 0 amide bonds. The van der Waals surface area contributed by atoms with E-state index < -0.39 is 5.75 Å². The lowest BCUT2D eigenvalue weighted by molar-refractivity contribution is -0.692. The molecule has 0 aliphatic rings. The third-order valence-electron chi connectivity index (χ3n) is 3.38. The zero-order valence-corrected chi connectivity index (χ0v) is 12.0. The number of hydrogen-bond donors (Lipinski definition) is 3. The number of aryl methyl sites for hydroxylation is 1. The topological polar surface area (TPSA) is 86.6 Å². The summed E-state index contributed by atoms with van der Waals surface area (Å²) in [7, 11) is 3.32. The Morgan fingerprint density at radius 3 is 2.48 bits per heavy atom. The summed E-state index contributed by atoms with van der Waals surface area (Å²) in [5, 5.41) is 28.6. The Bertz CT molecular complexity index is 791. The van der Waals surface area contributed by atoms with Crippen LogP contribution in [0.1, 0.15) is 17.0 Å². The molecule has 6 nitrogen and oxygen atoms in total. The van der Waals surface area contributed by atoms with Crippen LogP contribution in [0, 0.1) is 6.92 Å². The van der Waals surface area contributed by atoms with E-state index >= 15 is 0 Å². The fourth-order valence-electron chi connectivity index (χ4n) is 1.98. The Morgan fingerprint density at radius 2 is 1.81 bits per heavy atom. The molecule has 2 rings (SSSR count). The van der Waals surface area contributed by atoms with Gasteiger partial charge in [-0.1, -0.05) is 0 Å². The minimum atomic E-state index is -0.404. The van der Waals surface area contributed by atoms with Gasteiger partial charge in [-0.25, -0.2) is 0 Å². The van der Waals surface area contributed by atoms with Crippen LogP contribution < -0.4 is 10.3 Å². The maximum atomic E-state index is 12.0. The Morgan fingerprint density at radius 1 is 1.14 bits per heavy atom. The van der Waals surface area contributed by atoms with Crippen molar-refractivity contribution in [1.29, 1.82) is 0 Å². The summed E-state index contributed by atoms with van der Waals surface area (Å²) < 4.78 is 2.98. The number of phenolic OH excluding ortho intramolecular Hbond substituents is 3. The first-order valence-electron chi connectivity index (χ1n) is 6.31. The van der Waals surface area contributed by atoms with Crippen LogP contribution in [-0.2, 0) is 14.1 Å². The van der Waals surface area contributed by atoms with Gasteiger partial charge in [-0.15, -0.1) is 0 Å². The van der Waals surface area contributed by atoms with E-state index in [0.717, 1.165) is 11.8 Å². The molecule has 1 aromatic heterocycles. The summed E-state index contributed by atoms with van der Waals surface area (Å²) in [4.78, 5) is 12.0. The molecule has 0 fully saturated rings. The van der Waals surface area contributed by atoms with Crippen molar-refractivity contribution in [3.8, 4) is 17.2 Å². The van der Waals surface area contributed by atoms with Gasteiger partial charge in [-0.05, 0) is 25.1 Å². The predicted octanol–water partition coefficient (Wildman–Crippen LogP) is 0.805. The van der Waals surface area contributed by atoms with E-state index in [0.29, 0.717) is 5.69 Å². The average Bonchev–Trinajstić information content (AvgIpc) is 2.43. The van der Waals surface area contributed by atoms with Crippen molar-refractivity contribution in [3.63, 3.8) is 0 Å². The Hall–Kier alpha value is -2.76. The summed E-state index contributed by atoms with van der Waals surface area (Å²) >= 11 is 0. The summed E-state index contributed by atoms with van der Waals surface area (Å²) in [6, 6.07) is 4.19. The minimum Gasteiger partial charge on any atom is -0.508 e. The second-order valence-corrected chi connectivity index (χ2v) is 4.85. The summed E-state index contributed by atoms with van der Waals surface area (Å²) in [5.74, 6) is -0.888. The van der Waals surface area contributed by atoms with Crippen LogP contribution in [0.15, 0.2) is 23.0 Å². The van der Waals surface area contributed by atoms with Gasteiger partial charge in [0.2, 0.25) is 0 Å². The molecule has 0 radical (unpaired) electrons. The van der Waals surface area contributed by atoms with E-state index in [2.05, 4.69) is 0 Å². The standard InChI is InChI=1S/C15H16N2O4/c1-9-6-11(17(3)15(21)16(9)2)5-4-10-7-12(18)8-13(19)14(10)20/h4-8,18-19H,1-3H3/p+1. The predicted molar refractivity (Wildman–Crippen MR) is 78.0 cm³/mol. The molecular formula is C15H17N2O4+. The molecule has 0 bridgehead atoms. The number of rotatable bonds is 2. The quantitative estimate of drug-likeness (QED) is 0.434. The van der Waals surface area contributed by atoms with Crippen LogP contribution in [0.4, 0.5) is 0 Å². The van der Waals surface area contributed by atoms with E-state index in [9.17, 15) is 20.1 Å². The first-order chi connectivity index (χ1) is 9.81. The largest absolute Gasteiger partial charge is 0.508 e. The zero-order chi connectivity index (χ0) is 15.7. The lowest BCUT2D eigenvalue weighted by Gasteiger charge is -2.04. The highest BCUT2D eigenvalue weighted by Gasteiger charge is 2.12. The molecule has 0 saturated heterocycles. The molecule has 1 aromatic carbocycles. The van der Waals surface area contributed by atoms with Gasteiger partial charge >= 0.3 is 5.69 Å². The normalized spacial score (nSPS) is 11.2. The van der Waals surface area contributed by atoms with Crippen molar-refractivity contribution in [2.75, 3.05) is 0 Å². The van der Waals surface area contributed by atoms with Gasteiger partial charge in [-0.2, -0.15) is 13.9 Å². The summed E-state index contributed by atoms with van der Waals surface area (Å²) in [6.07, 6.45) is 3.14. The summed E-state index contributed by atoms with van der Waals surface area (Å²) in [6.45, 7) is 1.82. The second kappa shape index (κ2) is 5.32. The number of phenols is 3. The van der Waals surface area contributed by atoms with E-state index in [1.54, 1.807) is 20.2 Å². The van der Waals surface area contributed by atoms with E-state index in [-0.39, 0.29) is 22.8 Å². The molecule has 21 heavy (non-hydrogen) atoms. The van der Waals surface area contributed by atoms with Crippen LogP contribution in [0.2, 0.25) is 0 Å². The van der Waals surface area contributed by atoms with Crippen LogP contribution in [-0.4, -0.2) is 19.9 Å². The third kappa shape index (κ3) is 2.74. The van der Waals surface area contributed by atoms with Crippen molar-refractivity contribution in [2.24, 2.45) is 14.1 Å². The van der Waals surface area contributed by atoms with Gasteiger partial charge in [0, 0.05) is 17.7 Å². The first kappa shape index (κ1) is 14.6. The molecular weight excluding hydrogens is 272 g/mol. The van der Waals surface area contributed by atoms with E-state index in [1.807, 2.05) is 13.0 Å². The highest BCUT2D eigenvalue weighted by Crippen LogP contribution is 2.34. The van der Waals surface area contributed by atoms with Crippen LogP contribution in [0.3, 0.4) is 0 Å². The van der Waals surface area contributed by atoms with Crippen molar-refractivity contribution >= 4 is 12.2 Å². The Labute approximate surface area is 121 Å². The van der Waals surface area contributed by atoms with Gasteiger partial charge < -0.3 is 15.3 Å². The van der Waals surface area contributed by atoms with E-state index in [1.165, 1.54) is 21.3 Å². The number of aromatic nitrogens is 2. The number of hydrogen-bond acceptors (Lipinski definition) is 4. The highest BCUT2D eigenvalue weighted by molar-refractivity contribution is 5.73. The average molecular weight is 289 g/mol. The SMILES string of the molecule is Cc1cc(/C=C/c2cc(O)cc(O)c2O)[n+](C)c(=O)n1C. The molecule has 0 aliphatic carbocycles. The van der Waals surface area contributed by atoms with Crippen LogP contribution >= 0.6 is 0 Å². The van der Waals surface area contributed by atoms with Gasteiger partial charge in [-0.3, -0.25) is 0 Å². The fourth-order valence-corrected chi connectivity index (χ4v) is 1.98.